The molecule has 2 rings (SSSR count). The van der Waals surface area contributed by atoms with E-state index in [9.17, 15) is 4.39 Å². The van der Waals surface area contributed by atoms with Crippen LogP contribution in [0.3, 0.4) is 0 Å². The number of hydrogen-bond donors (Lipinski definition) is 1. The molecule has 0 aromatic carbocycles. The first-order valence-electron chi connectivity index (χ1n) is 6.07. The number of methoxy groups -OCH3 is 1. The molecular formula is C12H18BFN2O3. The van der Waals surface area contributed by atoms with Crippen LogP contribution in [-0.4, -0.2) is 35.6 Å². The summed E-state index contributed by atoms with van der Waals surface area (Å²) < 4.78 is 30.2. The van der Waals surface area contributed by atoms with Gasteiger partial charge in [0.25, 0.3) is 0 Å². The highest BCUT2D eigenvalue weighted by atomic mass is 19.1. The number of halogens is 1. The van der Waals surface area contributed by atoms with Crippen LogP contribution >= 0.6 is 0 Å². The van der Waals surface area contributed by atoms with Crippen LogP contribution in [0.25, 0.3) is 6.08 Å². The first kappa shape index (κ1) is 14.1. The molecule has 104 valence electrons. The standard InChI is InChI=1S/C12H18BFN2O3/c1-11(2)12(3,4)19-13(18-11)9(14)6-8-7-10(17-5)16-15-8/h6-7H,1-5H3,(H,15,16). The van der Waals surface area contributed by atoms with Gasteiger partial charge in [0.1, 0.15) is 5.73 Å². The lowest BCUT2D eigenvalue weighted by Gasteiger charge is -2.32. The van der Waals surface area contributed by atoms with Gasteiger partial charge in [-0.05, 0) is 33.8 Å². The van der Waals surface area contributed by atoms with Crippen molar-refractivity contribution in [3.8, 4) is 5.88 Å². The van der Waals surface area contributed by atoms with Gasteiger partial charge in [-0.3, -0.25) is 5.10 Å². The Morgan fingerprint density at radius 1 is 1.37 bits per heavy atom. The molecule has 1 saturated heterocycles. The summed E-state index contributed by atoms with van der Waals surface area (Å²) in [6, 6.07) is 1.59. The maximum absolute atomic E-state index is 14.1. The second-order valence-corrected chi connectivity index (χ2v) is 5.48. The van der Waals surface area contributed by atoms with Gasteiger partial charge in [-0.2, -0.15) is 0 Å². The molecule has 1 fully saturated rings. The van der Waals surface area contributed by atoms with Gasteiger partial charge in [0.05, 0.1) is 24.0 Å². The number of aromatic amines is 1. The van der Waals surface area contributed by atoms with Gasteiger partial charge in [0.15, 0.2) is 0 Å². The van der Waals surface area contributed by atoms with Gasteiger partial charge in [-0.25, -0.2) is 4.39 Å². The van der Waals surface area contributed by atoms with Crippen molar-refractivity contribution in [2.45, 2.75) is 38.9 Å². The number of nitrogens with zero attached hydrogens (tertiary/aromatic N) is 1. The van der Waals surface area contributed by atoms with Crippen LogP contribution in [0.15, 0.2) is 11.8 Å². The zero-order valence-electron chi connectivity index (χ0n) is 11.8. The first-order chi connectivity index (χ1) is 8.75. The van der Waals surface area contributed by atoms with Gasteiger partial charge in [-0.1, -0.05) is 0 Å². The minimum atomic E-state index is -1.00. The van der Waals surface area contributed by atoms with E-state index in [1.807, 2.05) is 27.7 Å². The average Bonchev–Trinajstić information content (AvgIpc) is 2.82. The van der Waals surface area contributed by atoms with Gasteiger partial charge in [0.2, 0.25) is 5.88 Å². The predicted molar refractivity (Wildman–Crippen MR) is 70.3 cm³/mol. The van der Waals surface area contributed by atoms with E-state index in [4.69, 9.17) is 14.0 Å². The fraction of sp³-hybridized carbons (Fsp3) is 0.583. The summed E-state index contributed by atoms with van der Waals surface area (Å²) in [5.74, 6) is 0.396. The summed E-state index contributed by atoms with van der Waals surface area (Å²) in [4.78, 5) is 0. The zero-order valence-corrected chi connectivity index (χ0v) is 11.8. The van der Waals surface area contributed by atoms with E-state index in [0.717, 1.165) is 0 Å². The maximum Gasteiger partial charge on any atom is 0.525 e. The second kappa shape index (κ2) is 4.65. The molecule has 1 aliphatic heterocycles. The van der Waals surface area contributed by atoms with E-state index in [2.05, 4.69) is 10.2 Å². The molecule has 0 bridgehead atoms. The Kier molecular flexibility index (Phi) is 3.44. The van der Waals surface area contributed by atoms with E-state index in [-0.39, 0.29) is 0 Å². The van der Waals surface area contributed by atoms with Crippen LogP contribution in [0.4, 0.5) is 4.39 Å². The normalized spacial score (nSPS) is 21.8. The molecule has 1 N–H and O–H groups in total. The maximum atomic E-state index is 14.1. The minimum absolute atomic E-state index is 0.396. The average molecular weight is 268 g/mol. The topological polar surface area (TPSA) is 56.4 Å². The molecule has 0 saturated carbocycles. The summed E-state index contributed by atoms with van der Waals surface area (Å²) in [6.07, 6.45) is 1.29. The van der Waals surface area contributed by atoms with Crippen molar-refractivity contribution < 1.29 is 18.4 Å². The molecule has 7 heteroatoms. The minimum Gasteiger partial charge on any atom is -0.480 e. The SMILES string of the molecule is COc1cc(C=C(F)B2OC(C)(C)C(C)(C)O2)[nH]n1. The number of aromatic nitrogens is 2. The Morgan fingerprint density at radius 2 is 1.95 bits per heavy atom. The number of nitrogens with one attached hydrogen (secondary N) is 1. The van der Waals surface area contributed by atoms with E-state index in [1.54, 1.807) is 6.07 Å². The van der Waals surface area contributed by atoms with Crippen LogP contribution < -0.4 is 4.74 Å². The first-order valence-corrected chi connectivity index (χ1v) is 6.07. The van der Waals surface area contributed by atoms with Crippen molar-refractivity contribution in [1.29, 1.82) is 0 Å². The summed E-state index contributed by atoms with van der Waals surface area (Å²) in [5.41, 5.74) is -1.14. The Hall–Kier alpha value is -1.34. The fourth-order valence-corrected chi connectivity index (χ4v) is 1.67. The molecule has 0 aliphatic carbocycles. The number of ether oxygens (including phenoxy) is 1. The third-order valence-corrected chi connectivity index (χ3v) is 3.56. The third-order valence-electron chi connectivity index (χ3n) is 3.56. The Balaban J connectivity index is 2.15. The molecule has 5 nitrogen and oxygen atoms in total. The second-order valence-electron chi connectivity index (χ2n) is 5.48. The predicted octanol–water partition coefficient (Wildman–Crippen LogP) is 2.36. The summed E-state index contributed by atoms with van der Waals surface area (Å²) >= 11 is 0. The fourth-order valence-electron chi connectivity index (χ4n) is 1.67. The molecule has 0 unspecified atom stereocenters. The highest BCUT2D eigenvalue weighted by Crippen LogP contribution is 2.39. The van der Waals surface area contributed by atoms with Crippen LogP contribution in [-0.2, 0) is 9.31 Å². The summed E-state index contributed by atoms with van der Waals surface area (Å²) in [5, 5.41) is 6.48. The molecule has 1 aliphatic rings. The van der Waals surface area contributed by atoms with E-state index < -0.39 is 24.0 Å². The van der Waals surface area contributed by atoms with E-state index >= 15 is 0 Å². The molecule has 1 aromatic rings. The monoisotopic (exact) mass is 268 g/mol. The van der Waals surface area contributed by atoms with Crippen LogP contribution in [0.1, 0.15) is 33.4 Å². The summed E-state index contributed by atoms with van der Waals surface area (Å²) in [6.45, 7) is 7.50. The quantitative estimate of drug-likeness (QED) is 0.855. The van der Waals surface area contributed by atoms with Crippen molar-refractivity contribution >= 4 is 13.2 Å². The molecule has 0 spiro atoms. The van der Waals surface area contributed by atoms with Crippen LogP contribution in [0.5, 0.6) is 5.88 Å². The number of rotatable bonds is 3. The lowest BCUT2D eigenvalue weighted by molar-refractivity contribution is 0.00578. The molecule has 0 atom stereocenters. The molecule has 1 aromatic heterocycles. The van der Waals surface area contributed by atoms with Gasteiger partial charge >= 0.3 is 7.12 Å². The van der Waals surface area contributed by atoms with Crippen molar-refractivity contribution in [1.82, 2.24) is 10.2 Å². The number of hydrogen-bond acceptors (Lipinski definition) is 4. The van der Waals surface area contributed by atoms with Crippen molar-refractivity contribution in [2.75, 3.05) is 7.11 Å². The van der Waals surface area contributed by atoms with Crippen molar-refractivity contribution in [2.24, 2.45) is 0 Å². The van der Waals surface area contributed by atoms with Crippen molar-refractivity contribution in [3.63, 3.8) is 0 Å². The molecule has 0 amide bonds. The lowest BCUT2D eigenvalue weighted by atomic mass is 9.87. The highest BCUT2D eigenvalue weighted by Gasteiger charge is 2.53. The molecule has 0 radical (unpaired) electrons. The molecule has 19 heavy (non-hydrogen) atoms. The third kappa shape index (κ3) is 2.67. The smallest absolute Gasteiger partial charge is 0.480 e. The Morgan fingerprint density at radius 3 is 2.42 bits per heavy atom. The van der Waals surface area contributed by atoms with Gasteiger partial charge in [-0.15, -0.1) is 5.10 Å². The van der Waals surface area contributed by atoms with Gasteiger partial charge in [0, 0.05) is 6.07 Å². The van der Waals surface area contributed by atoms with Crippen LogP contribution in [0.2, 0.25) is 0 Å². The Labute approximate surface area is 112 Å². The largest absolute Gasteiger partial charge is 0.525 e. The Bertz CT molecular complexity index is 483. The highest BCUT2D eigenvalue weighted by molar-refractivity contribution is 6.54. The van der Waals surface area contributed by atoms with E-state index in [0.29, 0.717) is 11.6 Å². The molecular weight excluding hydrogens is 250 g/mol. The van der Waals surface area contributed by atoms with Crippen LogP contribution in [0, 0.1) is 0 Å². The summed E-state index contributed by atoms with van der Waals surface area (Å²) in [7, 11) is 0.494. The van der Waals surface area contributed by atoms with Gasteiger partial charge < -0.3 is 14.0 Å². The number of H-pyrrole nitrogens is 1. The molecule has 2 heterocycles. The van der Waals surface area contributed by atoms with Crippen molar-refractivity contribution in [3.05, 3.63) is 17.5 Å². The van der Waals surface area contributed by atoms with E-state index in [1.165, 1.54) is 13.2 Å². The zero-order chi connectivity index (χ0) is 14.3. The lowest BCUT2D eigenvalue weighted by Crippen LogP contribution is -2.41.